The molecule has 0 spiro atoms. The molecule has 0 aliphatic heterocycles. The number of rotatable bonds is 8. The summed E-state index contributed by atoms with van der Waals surface area (Å²) in [6, 6.07) is 10.7. The van der Waals surface area contributed by atoms with Gasteiger partial charge >= 0.3 is 0 Å². The molecule has 108 valence electrons. The lowest BCUT2D eigenvalue weighted by atomic mass is 10.1. The number of fused-ring (bicyclic) bond motifs is 1. The molecule has 1 heterocycles. The fraction of sp³-hybridized carbons (Fsp3) is 0.471. The molecular formula is C17H24N2S. The van der Waals surface area contributed by atoms with Crippen molar-refractivity contribution >= 4 is 22.7 Å². The average Bonchev–Trinajstić information content (AvgIpc) is 2.48. The predicted octanol–water partition coefficient (Wildman–Crippen LogP) is 4.63. The summed E-state index contributed by atoms with van der Waals surface area (Å²) in [6.07, 6.45) is 3.66. The van der Waals surface area contributed by atoms with Gasteiger partial charge in [-0.3, -0.25) is 0 Å². The number of nitrogens with zero attached hydrogens (tertiary/aromatic N) is 1. The van der Waals surface area contributed by atoms with Gasteiger partial charge in [-0.15, -0.1) is 11.8 Å². The van der Waals surface area contributed by atoms with Crippen molar-refractivity contribution in [3.63, 3.8) is 0 Å². The molecule has 0 radical (unpaired) electrons. The van der Waals surface area contributed by atoms with Crippen LogP contribution in [0.4, 0.5) is 0 Å². The van der Waals surface area contributed by atoms with Crippen LogP contribution in [0.1, 0.15) is 38.7 Å². The summed E-state index contributed by atoms with van der Waals surface area (Å²) in [5.74, 6) is 1.16. The van der Waals surface area contributed by atoms with Crippen LogP contribution < -0.4 is 5.32 Å². The topological polar surface area (TPSA) is 24.9 Å². The largest absolute Gasteiger partial charge is 0.313 e. The molecule has 0 saturated heterocycles. The first-order valence-electron chi connectivity index (χ1n) is 7.57. The average molecular weight is 288 g/mol. The zero-order chi connectivity index (χ0) is 14.2. The molecule has 0 bridgehead atoms. The van der Waals surface area contributed by atoms with Gasteiger partial charge in [0.1, 0.15) is 5.03 Å². The maximum Gasteiger partial charge on any atom is 0.101 e. The minimum absolute atomic E-state index is 0.917. The van der Waals surface area contributed by atoms with E-state index >= 15 is 0 Å². The summed E-state index contributed by atoms with van der Waals surface area (Å²) in [4.78, 5) is 4.85. The molecule has 0 aliphatic rings. The summed E-state index contributed by atoms with van der Waals surface area (Å²) in [5, 5.41) is 5.93. The van der Waals surface area contributed by atoms with Crippen molar-refractivity contribution in [1.82, 2.24) is 10.3 Å². The number of nitrogens with one attached hydrogen (secondary N) is 1. The lowest BCUT2D eigenvalue weighted by Crippen LogP contribution is -2.14. The van der Waals surface area contributed by atoms with Crippen LogP contribution in [0.3, 0.4) is 0 Å². The zero-order valence-electron chi connectivity index (χ0n) is 12.5. The quantitative estimate of drug-likeness (QED) is 0.566. The second-order valence-electron chi connectivity index (χ2n) is 5.02. The minimum Gasteiger partial charge on any atom is -0.313 e. The Hall–Kier alpha value is -1.06. The van der Waals surface area contributed by atoms with Crippen molar-refractivity contribution in [2.75, 3.05) is 12.3 Å². The number of hydrogen-bond donors (Lipinski definition) is 1. The van der Waals surface area contributed by atoms with Crippen molar-refractivity contribution in [1.29, 1.82) is 0 Å². The van der Waals surface area contributed by atoms with E-state index in [0.717, 1.165) is 24.4 Å². The van der Waals surface area contributed by atoms with Gasteiger partial charge in [-0.25, -0.2) is 4.98 Å². The molecule has 0 amide bonds. The van der Waals surface area contributed by atoms with E-state index in [-0.39, 0.29) is 0 Å². The number of thioether (sulfide) groups is 1. The molecule has 20 heavy (non-hydrogen) atoms. The number of hydrogen-bond acceptors (Lipinski definition) is 3. The first-order valence-corrected chi connectivity index (χ1v) is 8.56. The van der Waals surface area contributed by atoms with Crippen LogP contribution in [0.15, 0.2) is 35.4 Å². The van der Waals surface area contributed by atoms with Crippen LogP contribution >= 0.6 is 11.8 Å². The van der Waals surface area contributed by atoms with Crippen LogP contribution in [0, 0.1) is 0 Å². The SMILES string of the molecule is CCCCSc1nc2ccccc2cc1CNCCC. The van der Waals surface area contributed by atoms with Gasteiger partial charge < -0.3 is 5.32 Å². The Balaban J connectivity index is 2.21. The third-order valence-corrected chi connectivity index (χ3v) is 4.36. The molecule has 1 N–H and O–H groups in total. The number of aromatic nitrogens is 1. The summed E-state index contributed by atoms with van der Waals surface area (Å²) in [6.45, 7) is 6.41. The van der Waals surface area contributed by atoms with E-state index in [1.54, 1.807) is 0 Å². The van der Waals surface area contributed by atoms with Crippen molar-refractivity contribution in [2.24, 2.45) is 0 Å². The van der Waals surface area contributed by atoms with Crippen LogP contribution in [-0.4, -0.2) is 17.3 Å². The number of pyridine rings is 1. The molecule has 0 saturated carbocycles. The van der Waals surface area contributed by atoms with Crippen molar-refractivity contribution < 1.29 is 0 Å². The van der Waals surface area contributed by atoms with E-state index in [2.05, 4.69) is 49.5 Å². The first kappa shape index (κ1) is 15.3. The summed E-state index contributed by atoms with van der Waals surface area (Å²) in [5.41, 5.74) is 2.43. The van der Waals surface area contributed by atoms with Crippen molar-refractivity contribution in [3.8, 4) is 0 Å². The van der Waals surface area contributed by atoms with Gasteiger partial charge in [-0.2, -0.15) is 0 Å². The molecule has 1 aromatic carbocycles. The van der Waals surface area contributed by atoms with Gasteiger partial charge in [0.25, 0.3) is 0 Å². The van der Waals surface area contributed by atoms with Crippen LogP contribution in [-0.2, 0) is 6.54 Å². The monoisotopic (exact) mass is 288 g/mol. The molecule has 0 fully saturated rings. The van der Waals surface area contributed by atoms with Crippen molar-refractivity contribution in [2.45, 2.75) is 44.7 Å². The van der Waals surface area contributed by atoms with Gasteiger partial charge in [0.2, 0.25) is 0 Å². The molecule has 2 rings (SSSR count). The van der Waals surface area contributed by atoms with E-state index < -0.39 is 0 Å². The third kappa shape index (κ3) is 4.22. The Bertz CT molecular complexity index is 491. The lowest BCUT2D eigenvalue weighted by molar-refractivity contribution is 0.666. The van der Waals surface area contributed by atoms with Crippen LogP contribution in [0.5, 0.6) is 0 Å². The van der Waals surface area contributed by atoms with E-state index in [4.69, 9.17) is 4.98 Å². The first-order chi connectivity index (χ1) is 9.85. The van der Waals surface area contributed by atoms with Crippen molar-refractivity contribution in [3.05, 3.63) is 35.9 Å². The Morgan fingerprint density at radius 3 is 2.80 bits per heavy atom. The molecule has 0 unspecified atom stereocenters. The van der Waals surface area contributed by atoms with Crippen LogP contribution in [0.2, 0.25) is 0 Å². The Labute approximate surface area is 126 Å². The number of para-hydroxylation sites is 1. The van der Waals surface area contributed by atoms with Gasteiger partial charge in [-0.1, -0.05) is 38.5 Å². The van der Waals surface area contributed by atoms with E-state index in [9.17, 15) is 0 Å². The normalized spacial score (nSPS) is 11.1. The Morgan fingerprint density at radius 2 is 2.00 bits per heavy atom. The van der Waals surface area contributed by atoms with E-state index in [1.165, 1.54) is 35.2 Å². The van der Waals surface area contributed by atoms with Gasteiger partial charge in [0.05, 0.1) is 5.52 Å². The third-order valence-electron chi connectivity index (χ3n) is 3.24. The highest BCUT2D eigenvalue weighted by Crippen LogP contribution is 2.25. The summed E-state index contributed by atoms with van der Waals surface area (Å²) in [7, 11) is 0. The molecule has 3 heteroatoms. The highest BCUT2D eigenvalue weighted by atomic mass is 32.2. The molecule has 2 aromatic rings. The molecule has 2 nitrogen and oxygen atoms in total. The second kappa shape index (κ2) is 8.28. The van der Waals surface area contributed by atoms with Gasteiger partial charge in [0.15, 0.2) is 0 Å². The second-order valence-corrected chi connectivity index (χ2v) is 6.11. The van der Waals surface area contributed by atoms with Gasteiger partial charge in [-0.05, 0) is 42.8 Å². The molecule has 1 aromatic heterocycles. The minimum atomic E-state index is 0.917. The van der Waals surface area contributed by atoms with Crippen LogP contribution in [0.25, 0.3) is 10.9 Å². The molecular weight excluding hydrogens is 264 g/mol. The number of unbranched alkanes of at least 4 members (excludes halogenated alkanes) is 1. The highest BCUT2D eigenvalue weighted by Gasteiger charge is 2.07. The smallest absolute Gasteiger partial charge is 0.101 e. The zero-order valence-corrected chi connectivity index (χ0v) is 13.3. The lowest BCUT2D eigenvalue weighted by Gasteiger charge is -2.11. The summed E-state index contributed by atoms with van der Waals surface area (Å²) >= 11 is 1.89. The maximum absolute atomic E-state index is 4.85. The van der Waals surface area contributed by atoms with E-state index in [0.29, 0.717) is 0 Å². The maximum atomic E-state index is 4.85. The Morgan fingerprint density at radius 1 is 1.15 bits per heavy atom. The Kier molecular flexibility index (Phi) is 6.34. The highest BCUT2D eigenvalue weighted by molar-refractivity contribution is 7.99. The van der Waals surface area contributed by atoms with Gasteiger partial charge in [0, 0.05) is 11.9 Å². The standard InChI is InChI=1S/C17H24N2S/c1-3-5-11-20-17-15(13-18-10-4-2)12-14-8-6-7-9-16(14)19-17/h6-9,12,18H,3-5,10-11,13H2,1-2H3. The fourth-order valence-corrected chi connectivity index (χ4v) is 3.21. The number of benzene rings is 1. The fourth-order valence-electron chi connectivity index (χ4n) is 2.11. The molecule has 0 aliphatic carbocycles. The summed E-state index contributed by atoms with van der Waals surface area (Å²) < 4.78 is 0. The molecule has 0 atom stereocenters. The van der Waals surface area contributed by atoms with E-state index in [1.807, 2.05) is 11.8 Å². The predicted molar refractivity (Wildman–Crippen MR) is 89.4 cm³/mol.